The number of sulfonamides is 1. The molecule has 106 valence electrons. The quantitative estimate of drug-likeness (QED) is 0.846. The highest BCUT2D eigenvalue weighted by atomic mass is 35.5. The maximum atomic E-state index is 12.2. The maximum Gasteiger partial charge on any atom is 0.242 e. The van der Waals surface area contributed by atoms with Gasteiger partial charge in [-0.05, 0) is 36.8 Å². The highest BCUT2D eigenvalue weighted by Crippen LogP contribution is 2.32. The summed E-state index contributed by atoms with van der Waals surface area (Å²) in [5.74, 6) is 1.34. The van der Waals surface area contributed by atoms with E-state index in [0.29, 0.717) is 24.3 Å². The fourth-order valence-electron chi connectivity index (χ4n) is 2.54. The van der Waals surface area contributed by atoms with Crippen molar-refractivity contribution >= 4 is 33.2 Å². The molecule has 1 aliphatic carbocycles. The molecule has 3 nitrogen and oxygen atoms in total. The lowest BCUT2D eigenvalue weighted by atomic mass is 9.98. The van der Waals surface area contributed by atoms with Gasteiger partial charge in [0.1, 0.15) is 4.90 Å². The van der Waals surface area contributed by atoms with Gasteiger partial charge in [0, 0.05) is 12.4 Å². The number of hydrogen-bond acceptors (Lipinski definition) is 2. The summed E-state index contributed by atoms with van der Waals surface area (Å²) in [5.41, 5.74) is 0. The molecule has 6 heteroatoms. The summed E-state index contributed by atoms with van der Waals surface area (Å²) in [6.45, 7) is 0.435. The number of rotatable bonds is 5. The zero-order valence-electron chi connectivity index (χ0n) is 10.5. The van der Waals surface area contributed by atoms with Crippen LogP contribution in [0.15, 0.2) is 29.2 Å². The second-order valence-electron chi connectivity index (χ2n) is 4.89. The predicted molar refractivity (Wildman–Crippen MR) is 78.2 cm³/mol. The van der Waals surface area contributed by atoms with Gasteiger partial charge in [-0.1, -0.05) is 30.2 Å². The molecule has 1 aliphatic rings. The van der Waals surface area contributed by atoms with E-state index in [9.17, 15) is 8.42 Å². The molecule has 1 fully saturated rings. The van der Waals surface area contributed by atoms with Crippen molar-refractivity contribution in [3.05, 3.63) is 29.3 Å². The minimum absolute atomic E-state index is 0.136. The van der Waals surface area contributed by atoms with Crippen LogP contribution < -0.4 is 4.72 Å². The van der Waals surface area contributed by atoms with Gasteiger partial charge in [-0.3, -0.25) is 0 Å². The smallest absolute Gasteiger partial charge is 0.211 e. The van der Waals surface area contributed by atoms with Crippen molar-refractivity contribution in [3.8, 4) is 0 Å². The Morgan fingerprint density at radius 3 is 2.58 bits per heavy atom. The van der Waals surface area contributed by atoms with Gasteiger partial charge in [-0.25, -0.2) is 13.1 Å². The Hall–Kier alpha value is -0.290. The van der Waals surface area contributed by atoms with E-state index in [-0.39, 0.29) is 9.92 Å². The molecule has 0 amide bonds. The summed E-state index contributed by atoms with van der Waals surface area (Å²) < 4.78 is 27.0. The Labute approximate surface area is 124 Å². The van der Waals surface area contributed by atoms with Crippen molar-refractivity contribution in [1.82, 2.24) is 4.72 Å². The minimum atomic E-state index is -3.54. The van der Waals surface area contributed by atoms with Gasteiger partial charge >= 0.3 is 0 Å². The Bertz CT molecular complexity index is 533. The molecule has 1 aromatic rings. The van der Waals surface area contributed by atoms with Crippen LogP contribution in [0.4, 0.5) is 0 Å². The number of nitrogens with one attached hydrogen (secondary N) is 1. The van der Waals surface area contributed by atoms with Crippen LogP contribution in [0.25, 0.3) is 0 Å². The van der Waals surface area contributed by atoms with Crippen LogP contribution >= 0.6 is 23.2 Å². The molecule has 2 unspecified atom stereocenters. The Morgan fingerprint density at radius 2 is 1.89 bits per heavy atom. The third kappa shape index (κ3) is 3.63. The van der Waals surface area contributed by atoms with Gasteiger partial charge in [-0.15, -0.1) is 11.6 Å². The van der Waals surface area contributed by atoms with E-state index in [2.05, 4.69) is 4.72 Å². The largest absolute Gasteiger partial charge is 0.242 e. The molecular formula is C13H17Cl2NO2S. The fraction of sp³-hybridized carbons (Fsp3) is 0.538. The summed E-state index contributed by atoms with van der Waals surface area (Å²) in [4.78, 5) is 0.136. The van der Waals surface area contributed by atoms with Gasteiger partial charge in [0.25, 0.3) is 0 Å². The molecule has 2 atom stereocenters. The predicted octanol–water partition coefficient (Wildman–Crippen LogP) is 3.27. The van der Waals surface area contributed by atoms with Crippen molar-refractivity contribution in [2.75, 3.05) is 12.4 Å². The lowest BCUT2D eigenvalue weighted by Gasteiger charge is -2.18. The van der Waals surface area contributed by atoms with Gasteiger partial charge in [0.15, 0.2) is 0 Å². The van der Waals surface area contributed by atoms with Crippen molar-refractivity contribution in [2.45, 2.75) is 24.2 Å². The summed E-state index contributed by atoms with van der Waals surface area (Å²) in [6, 6.07) is 6.46. The molecule has 2 rings (SSSR count). The monoisotopic (exact) mass is 321 g/mol. The Balaban J connectivity index is 2.04. The van der Waals surface area contributed by atoms with E-state index in [1.807, 2.05) is 0 Å². The van der Waals surface area contributed by atoms with E-state index in [4.69, 9.17) is 23.2 Å². The summed E-state index contributed by atoms with van der Waals surface area (Å²) >= 11 is 11.8. The first-order chi connectivity index (χ1) is 9.04. The summed E-state index contributed by atoms with van der Waals surface area (Å²) in [6.07, 6.45) is 3.24. The van der Waals surface area contributed by atoms with Crippen LogP contribution in [-0.2, 0) is 10.0 Å². The molecule has 1 aromatic carbocycles. The second-order valence-corrected chi connectivity index (χ2v) is 7.34. The van der Waals surface area contributed by atoms with E-state index >= 15 is 0 Å². The first kappa shape index (κ1) is 15.1. The van der Waals surface area contributed by atoms with Crippen molar-refractivity contribution in [2.24, 2.45) is 11.8 Å². The molecule has 0 spiro atoms. The summed E-state index contributed by atoms with van der Waals surface area (Å²) in [7, 11) is -3.54. The Kier molecular flexibility index (Phi) is 5.12. The molecule has 0 radical (unpaired) electrons. The molecule has 0 aliphatic heterocycles. The van der Waals surface area contributed by atoms with E-state index in [1.165, 1.54) is 6.07 Å². The Morgan fingerprint density at radius 1 is 1.21 bits per heavy atom. The average molecular weight is 322 g/mol. The maximum absolute atomic E-state index is 12.2. The number of hydrogen-bond donors (Lipinski definition) is 1. The SMILES string of the molecule is O=S(=O)(NCC1CCCC1CCl)c1ccccc1Cl. The molecule has 1 N–H and O–H groups in total. The van der Waals surface area contributed by atoms with Crippen LogP contribution in [0.1, 0.15) is 19.3 Å². The highest BCUT2D eigenvalue weighted by molar-refractivity contribution is 7.89. The molecule has 0 saturated heterocycles. The van der Waals surface area contributed by atoms with Crippen molar-refractivity contribution < 1.29 is 8.42 Å². The lowest BCUT2D eigenvalue weighted by Crippen LogP contribution is -2.31. The zero-order valence-corrected chi connectivity index (χ0v) is 12.8. The van der Waals surface area contributed by atoms with Crippen LogP contribution in [0.2, 0.25) is 5.02 Å². The average Bonchev–Trinajstić information content (AvgIpc) is 2.84. The second kappa shape index (κ2) is 6.44. The van der Waals surface area contributed by atoms with Crippen molar-refractivity contribution in [3.63, 3.8) is 0 Å². The number of benzene rings is 1. The third-order valence-electron chi connectivity index (χ3n) is 3.68. The van der Waals surface area contributed by atoms with Crippen molar-refractivity contribution in [1.29, 1.82) is 0 Å². The first-order valence-electron chi connectivity index (χ1n) is 6.35. The van der Waals surface area contributed by atoms with Gasteiger partial charge < -0.3 is 0 Å². The molecular weight excluding hydrogens is 305 g/mol. The van der Waals surface area contributed by atoms with Gasteiger partial charge in [-0.2, -0.15) is 0 Å². The van der Waals surface area contributed by atoms with Crippen LogP contribution in [0.5, 0.6) is 0 Å². The van der Waals surface area contributed by atoms with E-state index < -0.39 is 10.0 Å². The zero-order chi connectivity index (χ0) is 13.9. The molecule has 0 heterocycles. The number of halogens is 2. The summed E-state index contributed by atoms with van der Waals surface area (Å²) in [5, 5.41) is 0.246. The van der Waals surface area contributed by atoms with Crippen LogP contribution in [-0.4, -0.2) is 20.8 Å². The van der Waals surface area contributed by atoms with E-state index in [0.717, 1.165) is 19.3 Å². The standard InChI is InChI=1S/C13H17Cl2NO2S/c14-8-10-4-3-5-11(10)9-16-19(17,18)13-7-2-1-6-12(13)15/h1-2,6-7,10-11,16H,3-5,8-9H2. The van der Waals surface area contributed by atoms with Crippen LogP contribution in [0.3, 0.4) is 0 Å². The highest BCUT2D eigenvalue weighted by Gasteiger charge is 2.28. The first-order valence-corrected chi connectivity index (χ1v) is 8.74. The van der Waals surface area contributed by atoms with Gasteiger partial charge in [0.05, 0.1) is 5.02 Å². The van der Waals surface area contributed by atoms with Crippen LogP contribution in [0, 0.1) is 11.8 Å². The molecule has 1 saturated carbocycles. The molecule has 0 aromatic heterocycles. The minimum Gasteiger partial charge on any atom is -0.211 e. The molecule has 19 heavy (non-hydrogen) atoms. The topological polar surface area (TPSA) is 46.2 Å². The lowest BCUT2D eigenvalue weighted by molar-refractivity contribution is 0.418. The van der Waals surface area contributed by atoms with Gasteiger partial charge in [0.2, 0.25) is 10.0 Å². The normalized spacial score (nSPS) is 23.7. The third-order valence-corrected chi connectivity index (χ3v) is 6.00. The fourth-order valence-corrected chi connectivity index (χ4v) is 4.56. The number of alkyl halides is 1. The molecule has 0 bridgehead atoms. The van der Waals surface area contributed by atoms with E-state index in [1.54, 1.807) is 18.2 Å².